The third-order valence-electron chi connectivity index (χ3n) is 7.46. The summed E-state index contributed by atoms with van der Waals surface area (Å²) in [4.78, 5) is 25.7. The highest BCUT2D eigenvalue weighted by atomic mass is 16.6. The molecule has 8 nitrogen and oxygen atoms in total. The van der Waals surface area contributed by atoms with Crippen molar-refractivity contribution in [2.45, 2.75) is 55.8 Å². The second kappa shape index (κ2) is 6.21. The van der Waals surface area contributed by atoms with E-state index in [4.69, 9.17) is 14.6 Å². The van der Waals surface area contributed by atoms with Crippen LogP contribution in [0, 0.1) is 5.92 Å². The first kappa shape index (κ1) is 19.4. The maximum Gasteiger partial charge on any atom is 0.314 e. The Balaban J connectivity index is 1.60. The first-order valence-electron chi connectivity index (χ1n) is 10.3. The third kappa shape index (κ3) is 2.29. The molecule has 0 aromatic heterocycles. The number of ether oxygens (including phenoxy) is 2. The number of carbonyl (C=O) groups excluding carboxylic acids is 1. The van der Waals surface area contributed by atoms with Gasteiger partial charge in [0.25, 0.3) is 0 Å². The highest BCUT2D eigenvalue weighted by Gasteiger charge is 2.72. The summed E-state index contributed by atoms with van der Waals surface area (Å²) in [6.07, 6.45) is 2.12. The zero-order valence-electron chi connectivity index (χ0n) is 16.9. The van der Waals surface area contributed by atoms with Crippen LogP contribution in [-0.2, 0) is 26.2 Å². The average molecular weight is 415 g/mol. The van der Waals surface area contributed by atoms with Crippen LogP contribution in [0.5, 0.6) is 11.5 Å². The summed E-state index contributed by atoms with van der Waals surface area (Å²) in [6.45, 7) is 2.24. The summed E-state index contributed by atoms with van der Waals surface area (Å²) in [5, 5.41) is 31.4. The predicted molar refractivity (Wildman–Crippen MR) is 104 cm³/mol. The van der Waals surface area contributed by atoms with Gasteiger partial charge in [-0.2, -0.15) is 0 Å². The van der Waals surface area contributed by atoms with Crippen molar-refractivity contribution in [2.24, 2.45) is 5.92 Å². The topological polar surface area (TPSA) is 117 Å². The van der Waals surface area contributed by atoms with Crippen molar-refractivity contribution < 1.29 is 34.4 Å². The maximum atomic E-state index is 12.5. The SMILES string of the molecule is C[C@@H](CC(=O)O)C(=O)OC1=CC[C@@]2(O)[C@H]3Cc4ccc(O)c5c4[C@@]2(CCN3C)[C@H]1O5. The molecule has 1 spiro atoms. The van der Waals surface area contributed by atoms with Crippen LogP contribution in [-0.4, -0.2) is 63.5 Å². The number of piperidine rings is 1. The Morgan fingerprint density at radius 3 is 2.90 bits per heavy atom. The first-order valence-corrected chi connectivity index (χ1v) is 10.3. The molecule has 4 aliphatic rings. The molecule has 0 saturated carbocycles. The minimum atomic E-state index is -1.13. The van der Waals surface area contributed by atoms with E-state index in [0.29, 0.717) is 18.6 Å². The number of nitrogens with zero attached hydrogens (tertiary/aromatic N) is 1. The van der Waals surface area contributed by atoms with Gasteiger partial charge in [-0.1, -0.05) is 13.0 Å². The Hall–Kier alpha value is -2.58. The Kier molecular flexibility index (Phi) is 4.02. The molecule has 1 saturated heterocycles. The van der Waals surface area contributed by atoms with E-state index in [-0.39, 0.29) is 30.4 Å². The van der Waals surface area contributed by atoms with Crippen LogP contribution in [0.3, 0.4) is 0 Å². The summed E-state index contributed by atoms with van der Waals surface area (Å²) in [5.74, 6) is -1.90. The standard InChI is InChI=1S/C22H25NO7/c1-11(9-16(25)26)20(27)29-14-5-6-22(28)15-10-12-3-4-13(24)18-17(12)21(22,19(14)30-18)7-8-23(15)2/h3-5,11,15,19,24,28H,6-10H2,1-2H3,(H,25,26)/t11-,15+,19-,21-,22+/m0/s1. The van der Waals surface area contributed by atoms with Crippen molar-refractivity contribution in [3.63, 3.8) is 0 Å². The van der Waals surface area contributed by atoms with Gasteiger partial charge in [0.05, 0.1) is 23.4 Å². The van der Waals surface area contributed by atoms with Crippen LogP contribution < -0.4 is 4.74 Å². The molecule has 0 unspecified atom stereocenters. The number of esters is 1. The lowest BCUT2D eigenvalue weighted by molar-refractivity contribution is -0.171. The zero-order chi connectivity index (χ0) is 21.4. The van der Waals surface area contributed by atoms with Gasteiger partial charge in [-0.3, -0.25) is 9.59 Å². The van der Waals surface area contributed by atoms with Gasteiger partial charge in [0.15, 0.2) is 17.6 Å². The molecule has 1 aromatic carbocycles. The minimum absolute atomic E-state index is 0.00201. The van der Waals surface area contributed by atoms with Crippen molar-refractivity contribution in [2.75, 3.05) is 13.6 Å². The lowest BCUT2D eigenvalue weighted by Gasteiger charge is -2.61. The fourth-order valence-electron chi connectivity index (χ4n) is 6.00. The van der Waals surface area contributed by atoms with Crippen molar-refractivity contribution in [3.05, 3.63) is 35.1 Å². The van der Waals surface area contributed by atoms with Crippen molar-refractivity contribution >= 4 is 11.9 Å². The summed E-state index contributed by atoms with van der Waals surface area (Å²) < 4.78 is 11.8. The highest BCUT2D eigenvalue weighted by Crippen LogP contribution is 2.65. The van der Waals surface area contributed by atoms with Crippen molar-refractivity contribution in [1.29, 1.82) is 0 Å². The Bertz CT molecular complexity index is 988. The number of rotatable bonds is 4. The quantitative estimate of drug-likeness (QED) is 0.631. The molecule has 2 aliphatic carbocycles. The van der Waals surface area contributed by atoms with E-state index in [2.05, 4.69) is 4.90 Å². The number of phenols is 1. The third-order valence-corrected chi connectivity index (χ3v) is 7.46. The number of phenolic OH excluding ortho intramolecular Hbond substituents is 1. The van der Waals surface area contributed by atoms with E-state index in [0.717, 1.165) is 17.7 Å². The number of aromatic hydroxyl groups is 1. The highest BCUT2D eigenvalue weighted by molar-refractivity contribution is 5.79. The largest absolute Gasteiger partial charge is 0.504 e. The molecule has 2 bridgehead atoms. The Morgan fingerprint density at radius 1 is 1.40 bits per heavy atom. The molecule has 5 rings (SSSR count). The smallest absolute Gasteiger partial charge is 0.314 e. The minimum Gasteiger partial charge on any atom is -0.504 e. The van der Waals surface area contributed by atoms with E-state index >= 15 is 0 Å². The molecule has 30 heavy (non-hydrogen) atoms. The number of aliphatic carboxylic acids is 1. The summed E-state index contributed by atoms with van der Waals surface area (Å²) in [5.41, 5.74) is -0.108. The van der Waals surface area contributed by atoms with Crippen molar-refractivity contribution in [1.82, 2.24) is 4.90 Å². The van der Waals surface area contributed by atoms with Crippen LogP contribution in [0.2, 0.25) is 0 Å². The molecule has 8 heteroatoms. The number of carboxylic acids is 1. The molecule has 1 aromatic rings. The monoisotopic (exact) mass is 415 g/mol. The van der Waals surface area contributed by atoms with Gasteiger partial charge in [-0.05, 0) is 44.1 Å². The van der Waals surface area contributed by atoms with Gasteiger partial charge in [0.1, 0.15) is 5.76 Å². The molecule has 3 N–H and O–H groups in total. The molecular weight excluding hydrogens is 390 g/mol. The van der Waals surface area contributed by atoms with Crippen molar-refractivity contribution in [3.8, 4) is 11.5 Å². The number of likely N-dealkylation sites (N-methyl/N-ethyl adjacent to an activating group) is 1. The van der Waals surface area contributed by atoms with E-state index in [1.54, 1.807) is 12.1 Å². The number of likely N-dealkylation sites (tertiary alicyclic amines) is 1. The molecule has 2 heterocycles. The lowest BCUT2D eigenvalue weighted by Crippen LogP contribution is -2.74. The van der Waals surface area contributed by atoms with Gasteiger partial charge >= 0.3 is 11.9 Å². The van der Waals surface area contributed by atoms with Crippen LogP contribution >= 0.6 is 0 Å². The van der Waals surface area contributed by atoms with Crippen LogP contribution in [0.1, 0.15) is 37.3 Å². The van der Waals surface area contributed by atoms with Gasteiger partial charge in [0, 0.05) is 18.0 Å². The van der Waals surface area contributed by atoms with E-state index in [9.17, 15) is 19.8 Å². The molecule has 2 aliphatic heterocycles. The number of benzene rings is 1. The zero-order valence-corrected chi connectivity index (χ0v) is 16.9. The molecule has 1 fully saturated rings. The normalized spacial score (nSPS) is 34.4. The average Bonchev–Trinajstić information content (AvgIpc) is 3.04. The van der Waals surface area contributed by atoms with E-state index in [1.807, 2.05) is 13.1 Å². The van der Waals surface area contributed by atoms with Gasteiger partial charge < -0.3 is 29.7 Å². The second-order valence-electron chi connectivity index (χ2n) is 9.02. The number of carboxylic acid groups (broad SMARTS) is 1. The summed E-state index contributed by atoms with van der Waals surface area (Å²) in [6, 6.07) is 3.36. The second-order valence-corrected chi connectivity index (χ2v) is 9.02. The fraction of sp³-hybridized carbons (Fsp3) is 0.545. The number of hydrogen-bond donors (Lipinski definition) is 3. The number of hydrogen-bond acceptors (Lipinski definition) is 7. The Labute approximate surface area is 173 Å². The number of aliphatic hydroxyl groups is 1. The summed E-state index contributed by atoms with van der Waals surface area (Å²) >= 11 is 0. The van der Waals surface area contributed by atoms with Gasteiger partial charge in [-0.25, -0.2) is 0 Å². The van der Waals surface area contributed by atoms with E-state index in [1.165, 1.54) is 6.92 Å². The molecule has 5 atom stereocenters. The van der Waals surface area contributed by atoms with E-state index < -0.39 is 35.0 Å². The molecule has 0 amide bonds. The Morgan fingerprint density at radius 2 is 2.17 bits per heavy atom. The lowest BCUT2D eigenvalue weighted by atomic mass is 9.50. The van der Waals surface area contributed by atoms with Gasteiger partial charge in [-0.15, -0.1) is 0 Å². The predicted octanol–water partition coefficient (Wildman–Crippen LogP) is 1.32. The molecular formula is C22H25NO7. The first-order chi connectivity index (χ1) is 14.2. The summed E-state index contributed by atoms with van der Waals surface area (Å²) in [7, 11) is 2.00. The number of carbonyl (C=O) groups is 2. The van der Waals surface area contributed by atoms with Crippen LogP contribution in [0.25, 0.3) is 0 Å². The van der Waals surface area contributed by atoms with Crippen LogP contribution in [0.15, 0.2) is 24.0 Å². The van der Waals surface area contributed by atoms with Crippen LogP contribution in [0.4, 0.5) is 0 Å². The van der Waals surface area contributed by atoms with Gasteiger partial charge in [0.2, 0.25) is 0 Å². The molecule has 0 radical (unpaired) electrons. The maximum absolute atomic E-state index is 12.5. The molecule has 160 valence electrons. The fourth-order valence-corrected chi connectivity index (χ4v) is 6.00.